The molecule has 0 spiro atoms. The predicted molar refractivity (Wildman–Crippen MR) is 88.1 cm³/mol. The van der Waals surface area contributed by atoms with Crippen molar-refractivity contribution in [3.05, 3.63) is 0 Å². The molecule has 0 radical (unpaired) electrons. The summed E-state index contributed by atoms with van der Waals surface area (Å²) in [4.78, 5) is 0. The first kappa shape index (κ1) is 20.9. The van der Waals surface area contributed by atoms with Crippen LogP contribution in [0.3, 0.4) is 0 Å². The average Bonchev–Trinajstić information content (AvgIpc) is 2.38. The van der Waals surface area contributed by atoms with Crippen molar-refractivity contribution in [2.24, 2.45) is 0 Å². The predicted octanol–water partition coefficient (Wildman–Crippen LogP) is 4.32. The van der Waals surface area contributed by atoms with E-state index in [4.69, 9.17) is 5.11 Å². The van der Waals surface area contributed by atoms with Crippen molar-refractivity contribution in [1.82, 2.24) is 0 Å². The lowest BCUT2D eigenvalue weighted by Gasteiger charge is -2.13. The topological polar surface area (TPSA) is 74.6 Å². The van der Waals surface area contributed by atoms with Gasteiger partial charge in [-0.1, -0.05) is 64.7 Å². The van der Waals surface area contributed by atoms with E-state index < -0.39 is 15.4 Å². The summed E-state index contributed by atoms with van der Waals surface area (Å²) in [5.41, 5.74) is 0. The van der Waals surface area contributed by atoms with Gasteiger partial charge in [-0.3, -0.25) is 4.55 Å². The maximum Gasteiger partial charge on any atom is 0.267 e. The molecule has 0 fully saturated rings. The Balaban J connectivity index is 3.58. The molecular weight excluding hydrogens is 288 g/mol. The molecule has 0 aliphatic rings. The molecule has 0 aliphatic carbocycles. The lowest BCUT2D eigenvalue weighted by molar-refractivity contribution is 0.180. The molecule has 0 aromatic rings. The fourth-order valence-corrected chi connectivity index (χ4v) is 3.50. The lowest BCUT2D eigenvalue weighted by Crippen LogP contribution is -2.20. The van der Waals surface area contributed by atoms with Gasteiger partial charge in [-0.15, -0.1) is 0 Å². The zero-order valence-electron chi connectivity index (χ0n) is 13.8. The molecule has 2 atom stereocenters. The van der Waals surface area contributed by atoms with Gasteiger partial charge in [-0.25, -0.2) is 0 Å². The third-order valence-electron chi connectivity index (χ3n) is 3.95. The second-order valence-corrected chi connectivity index (χ2v) is 7.88. The van der Waals surface area contributed by atoms with Crippen LogP contribution in [0.5, 0.6) is 0 Å². The molecule has 0 rings (SSSR count). The molecule has 0 saturated heterocycles. The Hall–Kier alpha value is -0.130. The molecule has 21 heavy (non-hydrogen) atoms. The first-order chi connectivity index (χ1) is 9.88. The number of hydrogen-bond donors (Lipinski definition) is 2. The maximum atomic E-state index is 11.3. The minimum absolute atomic E-state index is 0.189. The van der Waals surface area contributed by atoms with Gasteiger partial charge in [0.1, 0.15) is 0 Å². The molecule has 0 heterocycles. The normalized spacial score (nSPS) is 15.0. The molecule has 0 saturated carbocycles. The minimum Gasteiger partial charge on any atom is -0.393 e. The number of aliphatic hydroxyl groups excluding tert-OH is 1. The van der Waals surface area contributed by atoms with Crippen LogP contribution in [0, 0.1) is 0 Å². The molecule has 5 heteroatoms. The van der Waals surface area contributed by atoms with Crippen molar-refractivity contribution in [3.8, 4) is 0 Å². The van der Waals surface area contributed by atoms with Gasteiger partial charge in [0.25, 0.3) is 10.1 Å². The van der Waals surface area contributed by atoms with Crippen LogP contribution in [0.2, 0.25) is 0 Å². The monoisotopic (exact) mass is 322 g/mol. The van der Waals surface area contributed by atoms with E-state index in [9.17, 15) is 13.0 Å². The summed E-state index contributed by atoms with van der Waals surface area (Å²) in [5.74, 6) is 0. The summed E-state index contributed by atoms with van der Waals surface area (Å²) in [6, 6.07) is 0. The van der Waals surface area contributed by atoms with E-state index >= 15 is 0 Å². The van der Waals surface area contributed by atoms with Gasteiger partial charge in [0, 0.05) is 0 Å². The zero-order valence-corrected chi connectivity index (χ0v) is 14.6. The van der Waals surface area contributed by atoms with E-state index in [2.05, 4.69) is 0 Å². The highest BCUT2D eigenvalue weighted by molar-refractivity contribution is 7.86. The SMILES string of the molecule is CCCCC(CCCCCCCCCC(C)O)S(=O)(=O)O. The van der Waals surface area contributed by atoms with Crippen molar-refractivity contribution in [1.29, 1.82) is 0 Å². The summed E-state index contributed by atoms with van der Waals surface area (Å²) in [7, 11) is -3.87. The highest BCUT2D eigenvalue weighted by atomic mass is 32.2. The second-order valence-electron chi connectivity index (χ2n) is 6.18. The Kier molecular flexibility index (Phi) is 12.3. The highest BCUT2D eigenvalue weighted by Crippen LogP contribution is 2.18. The van der Waals surface area contributed by atoms with Crippen molar-refractivity contribution in [3.63, 3.8) is 0 Å². The standard InChI is InChI=1S/C16H34O4S/c1-3-4-13-16(21(18,19)20)14-11-9-7-5-6-8-10-12-15(2)17/h15-17H,3-14H2,1-2H3,(H,18,19,20). The summed E-state index contributed by atoms with van der Waals surface area (Å²) in [6.45, 7) is 3.85. The van der Waals surface area contributed by atoms with Crippen molar-refractivity contribution in [2.75, 3.05) is 0 Å². The maximum absolute atomic E-state index is 11.3. The van der Waals surface area contributed by atoms with E-state index in [1.807, 2.05) is 13.8 Å². The van der Waals surface area contributed by atoms with E-state index in [0.29, 0.717) is 12.8 Å². The fraction of sp³-hybridized carbons (Fsp3) is 1.00. The van der Waals surface area contributed by atoms with Crippen LogP contribution < -0.4 is 0 Å². The van der Waals surface area contributed by atoms with E-state index in [1.165, 1.54) is 12.8 Å². The molecule has 128 valence electrons. The van der Waals surface area contributed by atoms with Crippen LogP contribution in [-0.4, -0.2) is 29.4 Å². The molecule has 0 bridgehead atoms. The molecule has 0 amide bonds. The van der Waals surface area contributed by atoms with Gasteiger partial charge in [0.15, 0.2) is 0 Å². The number of unbranched alkanes of at least 4 members (excludes halogenated alkanes) is 7. The third kappa shape index (κ3) is 13.3. The van der Waals surface area contributed by atoms with Gasteiger partial charge >= 0.3 is 0 Å². The van der Waals surface area contributed by atoms with Crippen LogP contribution in [0.25, 0.3) is 0 Å². The number of rotatable bonds is 14. The van der Waals surface area contributed by atoms with Crippen LogP contribution in [0.15, 0.2) is 0 Å². The van der Waals surface area contributed by atoms with Crippen molar-refractivity contribution < 1.29 is 18.1 Å². The first-order valence-corrected chi connectivity index (χ1v) is 10.0. The molecular formula is C16H34O4S. The van der Waals surface area contributed by atoms with Crippen molar-refractivity contribution in [2.45, 2.75) is 102 Å². The van der Waals surface area contributed by atoms with Crippen LogP contribution in [0.1, 0.15) is 90.9 Å². The van der Waals surface area contributed by atoms with E-state index in [-0.39, 0.29) is 6.10 Å². The molecule has 0 aliphatic heterocycles. The van der Waals surface area contributed by atoms with Gasteiger partial charge in [-0.05, 0) is 26.2 Å². The fourth-order valence-electron chi connectivity index (χ4n) is 2.57. The molecule has 4 nitrogen and oxygen atoms in total. The van der Waals surface area contributed by atoms with Gasteiger partial charge in [0.2, 0.25) is 0 Å². The van der Waals surface area contributed by atoms with Crippen LogP contribution >= 0.6 is 0 Å². The zero-order chi connectivity index (χ0) is 16.1. The average molecular weight is 323 g/mol. The molecule has 0 aromatic carbocycles. The Bertz CT molecular complexity index is 325. The molecule has 0 aromatic heterocycles. The Morgan fingerprint density at radius 3 is 1.67 bits per heavy atom. The quantitative estimate of drug-likeness (QED) is 0.369. The number of aliphatic hydroxyl groups is 1. The highest BCUT2D eigenvalue weighted by Gasteiger charge is 2.21. The second kappa shape index (κ2) is 12.4. The van der Waals surface area contributed by atoms with Crippen LogP contribution in [0.4, 0.5) is 0 Å². The Labute approximate surface area is 131 Å². The van der Waals surface area contributed by atoms with Gasteiger partial charge in [0.05, 0.1) is 11.4 Å². The lowest BCUT2D eigenvalue weighted by atomic mass is 10.0. The number of hydrogen-bond acceptors (Lipinski definition) is 3. The van der Waals surface area contributed by atoms with Crippen LogP contribution in [-0.2, 0) is 10.1 Å². The summed E-state index contributed by atoms with van der Waals surface area (Å²) in [5, 5.41) is 8.57. The summed E-state index contributed by atoms with van der Waals surface area (Å²) < 4.78 is 31.7. The Morgan fingerprint density at radius 1 is 0.810 bits per heavy atom. The molecule has 2 unspecified atom stereocenters. The summed E-state index contributed by atoms with van der Waals surface area (Å²) >= 11 is 0. The van der Waals surface area contributed by atoms with Gasteiger partial charge < -0.3 is 5.11 Å². The first-order valence-electron chi connectivity index (χ1n) is 8.52. The minimum atomic E-state index is -3.87. The Morgan fingerprint density at radius 2 is 1.24 bits per heavy atom. The van der Waals surface area contributed by atoms with Crippen molar-refractivity contribution >= 4 is 10.1 Å². The van der Waals surface area contributed by atoms with E-state index in [1.54, 1.807) is 0 Å². The smallest absolute Gasteiger partial charge is 0.267 e. The largest absolute Gasteiger partial charge is 0.393 e. The third-order valence-corrected chi connectivity index (χ3v) is 5.26. The van der Waals surface area contributed by atoms with Gasteiger partial charge in [-0.2, -0.15) is 8.42 Å². The molecule has 2 N–H and O–H groups in total. The van der Waals surface area contributed by atoms with E-state index in [0.717, 1.165) is 51.4 Å². The summed E-state index contributed by atoms with van der Waals surface area (Å²) in [6.07, 6.45) is 11.3.